The zero-order chi connectivity index (χ0) is 13.7. The van der Waals surface area contributed by atoms with Crippen LogP contribution in [0.15, 0.2) is 18.2 Å². The molecule has 19 heavy (non-hydrogen) atoms. The molecule has 104 valence electrons. The molecule has 1 atom stereocenters. The maximum atomic E-state index is 11.5. The molecule has 0 aromatic heterocycles. The monoisotopic (exact) mass is 283 g/mol. The van der Waals surface area contributed by atoms with E-state index < -0.39 is 0 Å². The minimum absolute atomic E-state index is 0.0294. The normalized spacial score (nSPS) is 14.0. The van der Waals surface area contributed by atoms with Gasteiger partial charge in [0.25, 0.3) is 0 Å². The van der Waals surface area contributed by atoms with Gasteiger partial charge in [-0.1, -0.05) is 0 Å². The number of amides is 1. The number of carbonyl (C=O) groups excluding carboxylic acids is 1. The predicted octanol–water partition coefficient (Wildman–Crippen LogP) is 1.66. The second-order valence-electron chi connectivity index (χ2n) is 4.03. The van der Waals surface area contributed by atoms with Crippen LogP contribution >= 0.6 is 11.8 Å². The van der Waals surface area contributed by atoms with Crippen molar-refractivity contribution in [1.82, 2.24) is 5.32 Å². The molecule has 6 heteroatoms. The quantitative estimate of drug-likeness (QED) is 0.805. The highest BCUT2D eigenvalue weighted by Crippen LogP contribution is 2.34. The van der Waals surface area contributed by atoms with E-state index in [1.165, 1.54) is 11.8 Å². The Balaban J connectivity index is 1.73. The van der Waals surface area contributed by atoms with Gasteiger partial charge in [-0.2, -0.15) is 11.8 Å². The molecule has 0 spiro atoms. The molecule has 1 aromatic carbocycles. The van der Waals surface area contributed by atoms with Crippen LogP contribution < -0.4 is 19.5 Å². The third kappa shape index (κ3) is 3.70. The van der Waals surface area contributed by atoms with Crippen LogP contribution in [-0.2, 0) is 4.79 Å². The van der Waals surface area contributed by atoms with Crippen molar-refractivity contribution in [2.75, 3.05) is 26.2 Å². The van der Waals surface area contributed by atoms with E-state index in [-0.39, 0.29) is 18.0 Å². The van der Waals surface area contributed by atoms with Crippen molar-refractivity contribution in [2.24, 2.45) is 0 Å². The lowest BCUT2D eigenvalue weighted by Crippen LogP contribution is -2.33. The Morgan fingerprint density at radius 1 is 1.47 bits per heavy atom. The van der Waals surface area contributed by atoms with Gasteiger partial charge < -0.3 is 19.5 Å². The maximum Gasteiger partial charge on any atom is 0.232 e. The second-order valence-corrected chi connectivity index (χ2v) is 5.21. The summed E-state index contributed by atoms with van der Waals surface area (Å²) in [5, 5.41) is 2.78. The van der Waals surface area contributed by atoms with Crippen LogP contribution in [0.25, 0.3) is 0 Å². The van der Waals surface area contributed by atoms with Gasteiger partial charge in [0, 0.05) is 6.07 Å². The number of hydrogen-bond acceptors (Lipinski definition) is 5. The number of thioether (sulfide) groups is 1. The van der Waals surface area contributed by atoms with Gasteiger partial charge in [0.05, 0.1) is 11.8 Å². The fourth-order valence-electron chi connectivity index (χ4n) is 1.56. The molecule has 1 aliphatic heterocycles. The van der Waals surface area contributed by atoms with Crippen LogP contribution in [0.4, 0.5) is 0 Å². The smallest absolute Gasteiger partial charge is 0.232 e. The Morgan fingerprint density at radius 2 is 2.26 bits per heavy atom. The van der Waals surface area contributed by atoms with Gasteiger partial charge in [-0.15, -0.1) is 0 Å². The Bertz CT molecular complexity index is 452. The van der Waals surface area contributed by atoms with Crippen molar-refractivity contribution < 1.29 is 19.0 Å². The average Bonchev–Trinajstić information content (AvgIpc) is 2.89. The molecule has 0 saturated heterocycles. The van der Waals surface area contributed by atoms with E-state index in [2.05, 4.69) is 5.32 Å². The molecule has 2 rings (SSSR count). The molecule has 0 aliphatic carbocycles. The van der Waals surface area contributed by atoms with E-state index in [1.54, 1.807) is 6.07 Å². The van der Waals surface area contributed by atoms with Crippen LogP contribution in [0.3, 0.4) is 0 Å². The SMILES string of the molecule is CS[C@H](C)C(=O)NCCOc1ccc2c(c1)OCO2. The minimum Gasteiger partial charge on any atom is -0.492 e. The summed E-state index contributed by atoms with van der Waals surface area (Å²) >= 11 is 1.52. The van der Waals surface area contributed by atoms with Gasteiger partial charge in [-0.05, 0) is 25.3 Å². The van der Waals surface area contributed by atoms with Crippen molar-refractivity contribution in [3.8, 4) is 17.2 Å². The molecule has 0 radical (unpaired) electrons. The van der Waals surface area contributed by atoms with E-state index in [0.29, 0.717) is 24.7 Å². The summed E-state index contributed by atoms with van der Waals surface area (Å²) < 4.78 is 16.0. The maximum absolute atomic E-state index is 11.5. The number of carbonyl (C=O) groups is 1. The van der Waals surface area contributed by atoms with Crippen molar-refractivity contribution in [3.63, 3.8) is 0 Å². The molecule has 1 amide bonds. The first-order valence-corrected chi connectivity index (χ1v) is 7.32. The lowest BCUT2D eigenvalue weighted by Gasteiger charge is -2.10. The first-order chi connectivity index (χ1) is 9.20. The standard InChI is InChI=1S/C13H17NO4S/c1-9(19-2)13(15)14-5-6-16-10-3-4-11-12(7-10)18-8-17-11/h3-4,7,9H,5-6,8H2,1-2H3,(H,14,15)/t9-/m1/s1. The number of fused-ring (bicyclic) bond motifs is 1. The van der Waals surface area contributed by atoms with Crippen LogP contribution in [0, 0.1) is 0 Å². The molecule has 0 fully saturated rings. The third-order valence-corrected chi connectivity index (χ3v) is 3.66. The number of benzene rings is 1. The molecule has 1 aliphatic rings. The second kappa shape index (κ2) is 6.56. The van der Waals surface area contributed by atoms with Crippen LogP contribution in [0.1, 0.15) is 6.92 Å². The average molecular weight is 283 g/mol. The van der Waals surface area contributed by atoms with Crippen molar-refractivity contribution in [3.05, 3.63) is 18.2 Å². The summed E-state index contributed by atoms with van der Waals surface area (Å²) in [5.74, 6) is 2.16. The summed E-state index contributed by atoms with van der Waals surface area (Å²) in [7, 11) is 0. The minimum atomic E-state index is -0.0365. The topological polar surface area (TPSA) is 56.8 Å². The van der Waals surface area contributed by atoms with Gasteiger partial charge in [0.2, 0.25) is 12.7 Å². The van der Waals surface area contributed by atoms with Crippen LogP contribution in [0.5, 0.6) is 17.2 Å². The molecule has 0 unspecified atom stereocenters. The highest BCUT2D eigenvalue weighted by atomic mass is 32.2. The largest absolute Gasteiger partial charge is 0.492 e. The van der Waals surface area contributed by atoms with E-state index >= 15 is 0 Å². The molecule has 5 nitrogen and oxygen atoms in total. The molecule has 1 aromatic rings. The Kier molecular flexibility index (Phi) is 4.79. The molecular weight excluding hydrogens is 266 g/mol. The molecule has 0 saturated carbocycles. The third-order valence-electron chi connectivity index (χ3n) is 2.74. The Hall–Kier alpha value is -1.56. The Morgan fingerprint density at radius 3 is 3.05 bits per heavy atom. The van der Waals surface area contributed by atoms with E-state index in [0.717, 1.165) is 5.75 Å². The first kappa shape index (κ1) is 13.9. The summed E-state index contributed by atoms with van der Waals surface area (Å²) in [6.45, 7) is 3.03. The van der Waals surface area contributed by atoms with Gasteiger partial charge in [-0.25, -0.2) is 0 Å². The lowest BCUT2D eigenvalue weighted by atomic mass is 10.3. The molecular formula is C13H17NO4S. The van der Waals surface area contributed by atoms with E-state index in [4.69, 9.17) is 14.2 Å². The van der Waals surface area contributed by atoms with Crippen LogP contribution in [-0.4, -0.2) is 37.4 Å². The number of hydrogen-bond donors (Lipinski definition) is 1. The first-order valence-electron chi connectivity index (χ1n) is 6.03. The van der Waals surface area contributed by atoms with Crippen molar-refractivity contribution >= 4 is 17.7 Å². The molecule has 1 heterocycles. The molecule has 0 bridgehead atoms. The number of ether oxygens (including phenoxy) is 3. The van der Waals surface area contributed by atoms with Crippen molar-refractivity contribution in [1.29, 1.82) is 0 Å². The van der Waals surface area contributed by atoms with Gasteiger partial charge in [-0.3, -0.25) is 4.79 Å². The summed E-state index contributed by atoms with van der Waals surface area (Å²) in [6.07, 6.45) is 1.91. The summed E-state index contributed by atoms with van der Waals surface area (Å²) in [4.78, 5) is 11.5. The predicted molar refractivity (Wildman–Crippen MR) is 74.0 cm³/mol. The Labute approximate surface area is 116 Å². The fourth-order valence-corrected chi connectivity index (χ4v) is 1.86. The summed E-state index contributed by atoms with van der Waals surface area (Å²) in [5.41, 5.74) is 0. The highest BCUT2D eigenvalue weighted by Gasteiger charge is 2.14. The highest BCUT2D eigenvalue weighted by molar-refractivity contribution is 7.99. The zero-order valence-corrected chi connectivity index (χ0v) is 11.8. The number of rotatable bonds is 6. The lowest BCUT2D eigenvalue weighted by molar-refractivity contribution is -0.120. The number of nitrogens with one attached hydrogen (secondary N) is 1. The van der Waals surface area contributed by atoms with Crippen molar-refractivity contribution in [2.45, 2.75) is 12.2 Å². The van der Waals surface area contributed by atoms with E-state index in [1.807, 2.05) is 25.3 Å². The van der Waals surface area contributed by atoms with E-state index in [9.17, 15) is 4.79 Å². The molecule has 1 N–H and O–H groups in total. The van der Waals surface area contributed by atoms with Gasteiger partial charge >= 0.3 is 0 Å². The van der Waals surface area contributed by atoms with Gasteiger partial charge in [0.1, 0.15) is 12.4 Å². The van der Waals surface area contributed by atoms with Gasteiger partial charge in [0.15, 0.2) is 11.5 Å². The zero-order valence-electron chi connectivity index (χ0n) is 11.0. The fraction of sp³-hybridized carbons (Fsp3) is 0.462. The van der Waals surface area contributed by atoms with Crippen LogP contribution in [0.2, 0.25) is 0 Å². The summed E-state index contributed by atoms with van der Waals surface area (Å²) in [6, 6.07) is 5.42.